The zero-order valence-electron chi connectivity index (χ0n) is 27.2. The second-order valence-electron chi connectivity index (χ2n) is 11.7. The lowest BCUT2D eigenvalue weighted by atomic mass is 10.1. The van der Waals surface area contributed by atoms with Crippen LogP contribution in [0.5, 0.6) is 0 Å². The van der Waals surface area contributed by atoms with Crippen molar-refractivity contribution in [2.45, 2.75) is 167 Å². The van der Waals surface area contributed by atoms with Crippen molar-refractivity contribution >= 4 is 29.6 Å². The second kappa shape index (κ2) is 29.7. The average Bonchev–Trinajstić information content (AvgIpc) is 2.97. The largest absolute Gasteiger partial charge is 0.462 e. The van der Waals surface area contributed by atoms with E-state index < -0.39 is 12.1 Å². The van der Waals surface area contributed by atoms with Gasteiger partial charge in [-0.1, -0.05) is 117 Å². The number of aliphatic hydroxyl groups excluding tert-OH is 1. The summed E-state index contributed by atoms with van der Waals surface area (Å²) >= 11 is 1.39. The Balaban J connectivity index is 4.44. The number of ether oxygens (including phenoxy) is 2. The number of nitrogens with one attached hydrogen (secondary N) is 1. The molecule has 248 valence electrons. The maximum atomic E-state index is 12.5. The van der Waals surface area contributed by atoms with Crippen molar-refractivity contribution in [3.8, 4) is 0 Å². The number of unbranched alkanes of at least 4 members (excludes halogenated alkanes) is 16. The maximum Gasteiger partial charge on any atom is 0.306 e. The van der Waals surface area contributed by atoms with Crippen molar-refractivity contribution in [3.63, 3.8) is 0 Å². The molecule has 0 aliphatic rings. The fourth-order valence-electron chi connectivity index (χ4n) is 4.58. The number of hydrogen-bond donors (Lipinski definition) is 3. The number of nitrogens with two attached hydrogens (primary N) is 1. The van der Waals surface area contributed by atoms with Crippen LogP contribution in [0.15, 0.2) is 0 Å². The minimum atomic E-state index is -0.753. The van der Waals surface area contributed by atoms with Gasteiger partial charge in [-0.05, 0) is 19.8 Å². The van der Waals surface area contributed by atoms with Crippen LogP contribution in [0.2, 0.25) is 0 Å². The molecule has 1 amide bonds. The van der Waals surface area contributed by atoms with Gasteiger partial charge in [0.1, 0.15) is 12.7 Å². The zero-order valence-corrected chi connectivity index (χ0v) is 28.0. The second-order valence-corrected chi connectivity index (χ2v) is 12.8. The van der Waals surface area contributed by atoms with Crippen molar-refractivity contribution in [1.82, 2.24) is 5.32 Å². The van der Waals surface area contributed by atoms with Crippen LogP contribution in [0.3, 0.4) is 0 Å². The molecule has 8 nitrogen and oxygen atoms in total. The summed E-state index contributed by atoms with van der Waals surface area (Å²) in [7, 11) is 0. The molecule has 0 saturated carbocycles. The highest BCUT2D eigenvalue weighted by Gasteiger charge is 2.20. The zero-order chi connectivity index (χ0) is 31.3. The molecular weight excluding hydrogens is 552 g/mol. The number of carbonyl (C=O) groups is 3. The number of amides is 1. The highest BCUT2D eigenvalue weighted by molar-refractivity contribution is 7.99. The van der Waals surface area contributed by atoms with Crippen molar-refractivity contribution in [2.75, 3.05) is 24.7 Å². The van der Waals surface area contributed by atoms with Gasteiger partial charge < -0.3 is 25.6 Å². The van der Waals surface area contributed by atoms with E-state index in [1.165, 1.54) is 88.8 Å². The molecule has 0 fully saturated rings. The van der Waals surface area contributed by atoms with Crippen LogP contribution in [0.4, 0.5) is 0 Å². The number of carbonyl (C=O) groups excluding carboxylic acids is 3. The number of aliphatic hydroxyl groups is 1. The topological polar surface area (TPSA) is 128 Å². The Bertz CT molecular complexity index is 666. The molecule has 0 aromatic carbocycles. The minimum Gasteiger partial charge on any atom is -0.462 e. The molecule has 0 unspecified atom stereocenters. The van der Waals surface area contributed by atoms with Gasteiger partial charge in [-0.25, -0.2) is 0 Å². The summed E-state index contributed by atoms with van der Waals surface area (Å²) in [5.41, 5.74) is 5.98. The van der Waals surface area contributed by atoms with Gasteiger partial charge in [-0.3, -0.25) is 14.4 Å². The normalized spacial score (nSPS) is 13.4. The van der Waals surface area contributed by atoms with Crippen LogP contribution in [-0.2, 0) is 23.9 Å². The van der Waals surface area contributed by atoms with Gasteiger partial charge in [-0.15, -0.1) is 0 Å². The van der Waals surface area contributed by atoms with Crippen molar-refractivity contribution in [1.29, 1.82) is 0 Å². The molecule has 9 heteroatoms. The van der Waals surface area contributed by atoms with E-state index in [1.54, 1.807) is 6.92 Å². The third-order valence-electron chi connectivity index (χ3n) is 7.30. The van der Waals surface area contributed by atoms with Crippen LogP contribution in [0, 0.1) is 0 Å². The third-order valence-corrected chi connectivity index (χ3v) is 8.50. The van der Waals surface area contributed by atoms with Crippen molar-refractivity contribution in [2.24, 2.45) is 5.73 Å². The molecule has 0 spiro atoms. The van der Waals surface area contributed by atoms with E-state index in [2.05, 4.69) is 19.2 Å². The van der Waals surface area contributed by atoms with E-state index in [-0.39, 0.29) is 37.1 Å². The Morgan fingerprint density at radius 1 is 0.714 bits per heavy atom. The van der Waals surface area contributed by atoms with E-state index in [9.17, 15) is 14.4 Å². The van der Waals surface area contributed by atoms with Crippen LogP contribution >= 0.6 is 11.8 Å². The van der Waals surface area contributed by atoms with Gasteiger partial charge in [0.2, 0.25) is 5.91 Å². The molecule has 3 atom stereocenters. The molecule has 0 aliphatic carbocycles. The van der Waals surface area contributed by atoms with Gasteiger partial charge in [-0.2, -0.15) is 11.8 Å². The van der Waals surface area contributed by atoms with Gasteiger partial charge in [0.25, 0.3) is 0 Å². The summed E-state index contributed by atoms with van der Waals surface area (Å²) < 4.78 is 11.2. The fourth-order valence-corrected chi connectivity index (χ4v) is 5.55. The van der Waals surface area contributed by atoms with Crippen LogP contribution in [-0.4, -0.2) is 65.9 Å². The Morgan fingerprint density at radius 3 is 1.64 bits per heavy atom. The fraction of sp³-hybridized carbons (Fsp3) is 0.909. The molecule has 4 N–H and O–H groups in total. The lowest BCUT2D eigenvalue weighted by Crippen LogP contribution is -2.47. The Kier molecular flexibility index (Phi) is 28.8. The maximum absolute atomic E-state index is 12.5. The van der Waals surface area contributed by atoms with Gasteiger partial charge in [0, 0.05) is 30.4 Å². The molecule has 0 aromatic heterocycles. The Labute approximate surface area is 261 Å². The van der Waals surface area contributed by atoms with Gasteiger partial charge >= 0.3 is 11.9 Å². The standard InChI is InChI=1S/C33H64N2O6S/c1-4-6-8-10-12-14-16-18-20-22-31(37)40-25-29(26-42-27-30(34)33(39)35-28(3)24-36)41-32(38)23-21-19-17-15-13-11-9-7-5-2/h28-30,36H,4-27,34H2,1-3H3,(H,35,39)/t28-,29-,30-/m1/s1. The monoisotopic (exact) mass is 616 g/mol. The number of hydrogen-bond acceptors (Lipinski definition) is 8. The summed E-state index contributed by atoms with van der Waals surface area (Å²) in [4.78, 5) is 37.0. The summed E-state index contributed by atoms with van der Waals surface area (Å²) in [6.45, 7) is 5.99. The highest BCUT2D eigenvalue weighted by Crippen LogP contribution is 2.14. The van der Waals surface area contributed by atoms with E-state index >= 15 is 0 Å². The van der Waals surface area contributed by atoms with E-state index in [4.69, 9.17) is 20.3 Å². The number of rotatable bonds is 30. The quantitative estimate of drug-likeness (QED) is 0.0591. The van der Waals surface area contributed by atoms with Crippen LogP contribution in [0.25, 0.3) is 0 Å². The van der Waals surface area contributed by atoms with Crippen LogP contribution < -0.4 is 11.1 Å². The molecule has 0 radical (unpaired) electrons. The minimum absolute atomic E-state index is 0.00967. The molecule has 0 saturated heterocycles. The number of thioether (sulfide) groups is 1. The Hall–Kier alpha value is -1.32. The van der Waals surface area contributed by atoms with E-state index in [0.717, 1.165) is 38.5 Å². The first-order chi connectivity index (χ1) is 20.3. The lowest BCUT2D eigenvalue weighted by molar-refractivity contribution is -0.157. The molecule has 0 rings (SSSR count). The molecule has 0 aliphatic heterocycles. The number of esters is 2. The Morgan fingerprint density at radius 2 is 1.17 bits per heavy atom. The predicted octanol–water partition coefficient (Wildman–Crippen LogP) is 6.84. The third kappa shape index (κ3) is 26.3. The predicted molar refractivity (Wildman–Crippen MR) is 175 cm³/mol. The summed E-state index contributed by atoms with van der Waals surface area (Å²) in [6, 6.07) is -1.12. The molecular formula is C33H64N2O6S. The van der Waals surface area contributed by atoms with Crippen molar-refractivity contribution in [3.05, 3.63) is 0 Å². The summed E-state index contributed by atoms with van der Waals surface area (Å²) in [6.07, 6.45) is 21.3. The first-order valence-electron chi connectivity index (χ1n) is 16.9. The first-order valence-corrected chi connectivity index (χ1v) is 18.1. The van der Waals surface area contributed by atoms with Crippen LogP contribution in [0.1, 0.15) is 149 Å². The van der Waals surface area contributed by atoms with Crippen molar-refractivity contribution < 1.29 is 29.0 Å². The lowest BCUT2D eigenvalue weighted by Gasteiger charge is -2.19. The summed E-state index contributed by atoms with van der Waals surface area (Å²) in [5, 5.41) is 11.8. The molecule has 42 heavy (non-hydrogen) atoms. The highest BCUT2D eigenvalue weighted by atomic mass is 32.2. The van der Waals surface area contributed by atoms with Gasteiger partial charge in [0.05, 0.1) is 12.6 Å². The SMILES string of the molecule is CCCCCCCCCCCC(=O)OC[C@H](CSC[C@@H](N)C(=O)N[C@H](C)CO)OC(=O)CCCCCCCCCCC. The molecule has 0 bridgehead atoms. The van der Waals surface area contributed by atoms with E-state index in [0.29, 0.717) is 24.3 Å². The first kappa shape index (κ1) is 40.7. The molecule has 0 aromatic rings. The van der Waals surface area contributed by atoms with E-state index in [1.807, 2.05) is 0 Å². The summed E-state index contributed by atoms with van der Waals surface area (Å²) in [5.74, 6) is -0.182. The van der Waals surface area contributed by atoms with Gasteiger partial charge in [0.15, 0.2) is 0 Å². The molecule has 0 heterocycles. The smallest absolute Gasteiger partial charge is 0.306 e. The average molecular weight is 617 g/mol.